The van der Waals surface area contributed by atoms with Gasteiger partial charge in [-0.05, 0) is 68.2 Å². The second-order valence-electron chi connectivity index (χ2n) is 6.23. The number of rotatable bonds is 1. The van der Waals surface area contributed by atoms with E-state index in [0.717, 1.165) is 35.1 Å². The Bertz CT molecular complexity index is 525. The maximum absolute atomic E-state index is 12.8. The molecule has 0 amide bonds. The van der Waals surface area contributed by atoms with Crippen molar-refractivity contribution in [1.82, 2.24) is 0 Å². The lowest BCUT2D eigenvalue weighted by atomic mass is 9.73. The lowest BCUT2D eigenvalue weighted by Gasteiger charge is -2.29. The number of benzene rings is 1. The maximum Gasteiger partial charge on any atom is 0.166 e. The van der Waals surface area contributed by atoms with Crippen LogP contribution in [0.1, 0.15) is 59.2 Å². The van der Waals surface area contributed by atoms with Crippen molar-refractivity contribution in [2.45, 2.75) is 52.4 Å². The summed E-state index contributed by atoms with van der Waals surface area (Å²) < 4.78 is 0. The summed E-state index contributed by atoms with van der Waals surface area (Å²) in [6.45, 7) is 3.88. The molecular formula is C17H22O2. The maximum atomic E-state index is 12.8. The molecule has 1 aromatic rings. The van der Waals surface area contributed by atoms with Crippen LogP contribution in [0.4, 0.5) is 0 Å². The summed E-state index contributed by atoms with van der Waals surface area (Å²) in [5.41, 5.74) is 3.82. The average molecular weight is 258 g/mol. The van der Waals surface area contributed by atoms with E-state index < -0.39 is 0 Å². The Balaban J connectivity index is 2.01. The Kier molecular flexibility index (Phi) is 3.12. The Morgan fingerprint density at radius 3 is 2.47 bits per heavy atom. The largest absolute Gasteiger partial charge is 0.508 e. The fourth-order valence-corrected chi connectivity index (χ4v) is 3.94. The molecule has 2 aliphatic rings. The lowest BCUT2D eigenvalue weighted by molar-refractivity contribution is 0.0849. The van der Waals surface area contributed by atoms with E-state index in [9.17, 15) is 9.90 Å². The van der Waals surface area contributed by atoms with Gasteiger partial charge in [0.25, 0.3) is 0 Å². The predicted molar refractivity (Wildman–Crippen MR) is 75.7 cm³/mol. The minimum absolute atomic E-state index is 0.234. The first-order valence-corrected chi connectivity index (χ1v) is 7.46. The van der Waals surface area contributed by atoms with Gasteiger partial charge >= 0.3 is 0 Å². The Morgan fingerprint density at radius 2 is 1.79 bits per heavy atom. The Labute approximate surface area is 114 Å². The van der Waals surface area contributed by atoms with Crippen LogP contribution < -0.4 is 0 Å². The highest BCUT2D eigenvalue weighted by Crippen LogP contribution is 2.41. The summed E-state index contributed by atoms with van der Waals surface area (Å²) in [6.07, 6.45) is 6.93. The summed E-state index contributed by atoms with van der Waals surface area (Å²) in [5.74, 6) is 1.52. The third kappa shape index (κ3) is 1.98. The molecule has 0 bridgehead atoms. The number of carbonyl (C=O) groups excluding carboxylic acids is 1. The molecule has 0 heterocycles. The van der Waals surface area contributed by atoms with Crippen LogP contribution in [-0.2, 0) is 6.42 Å². The second kappa shape index (κ2) is 4.66. The van der Waals surface area contributed by atoms with Gasteiger partial charge in [-0.2, -0.15) is 0 Å². The molecule has 1 aromatic carbocycles. The molecule has 102 valence electrons. The van der Waals surface area contributed by atoms with E-state index in [2.05, 4.69) is 0 Å². The molecule has 19 heavy (non-hydrogen) atoms. The van der Waals surface area contributed by atoms with Gasteiger partial charge in [-0.25, -0.2) is 0 Å². The highest BCUT2D eigenvalue weighted by molar-refractivity contribution is 6.02. The highest BCUT2D eigenvalue weighted by atomic mass is 16.3. The normalized spacial score (nSPS) is 23.7. The van der Waals surface area contributed by atoms with Crippen LogP contribution in [-0.4, -0.2) is 10.9 Å². The molecule has 0 aromatic heterocycles. The zero-order valence-electron chi connectivity index (χ0n) is 11.8. The van der Waals surface area contributed by atoms with Crippen LogP contribution in [0, 0.1) is 25.7 Å². The molecule has 2 nitrogen and oxygen atoms in total. The van der Waals surface area contributed by atoms with E-state index in [-0.39, 0.29) is 5.92 Å². The number of fused-ring (bicyclic) bond motifs is 1. The molecule has 1 saturated carbocycles. The SMILES string of the molecule is Cc1c(O)cc2c(c1C)C(=O)C(C1CCCC1)CC2. The molecule has 1 fully saturated rings. The van der Waals surface area contributed by atoms with Crippen LogP contribution in [0.5, 0.6) is 5.75 Å². The Morgan fingerprint density at radius 1 is 1.11 bits per heavy atom. The van der Waals surface area contributed by atoms with Crippen LogP contribution in [0.15, 0.2) is 6.07 Å². The van der Waals surface area contributed by atoms with Crippen LogP contribution >= 0.6 is 0 Å². The van der Waals surface area contributed by atoms with Gasteiger partial charge in [-0.1, -0.05) is 12.8 Å². The van der Waals surface area contributed by atoms with Gasteiger partial charge in [-0.3, -0.25) is 4.79 Å². The van der Waals surface area contributed by atoms with E-state index in [0.29, 0.717) is 17.5 Å². The van der Waals surface area contributed by atoms with Gasteiger partial charge < -0.3 is 5.11 Å². The lowest BCUT2D eigenvalue weighted by Crippen LogP contribution is -2.29. The van der Waals surface area contributed by atoms with Crippen LogP contribution in [0.25, 0.3) is 0 Å². The third-order valence-electron chi connectivity index (χ3n) is 5.23. The predicted octanol–water partition coefficient (Wildman–Crippen LogP) is 3.94. The smallest absolute Gasteiger partial charge is 0.166 e. The zero-order valence-corrected chi connectivity index (χ0v) is 11.8. The number of phenols is 1. The topological polar surface area (TPSA) is 37.3 Å². The van der Waals surface area contributed by atoms with Crippen molar-refractivity contribution in [3.63, 3.8) is 0 Å². The van der Waals surface area contributed by atoms with E-state index in [1.165, 1.54) is 25.7 Å². The number of carbonyl (C=O) groups is 1. The summed E-state index contributed by atoms with van der Waals surface area (Å²) in [5, 5.41) is 9.91. The summed E-state index contributed by atoms with van der Waals surface area (Å²) in [6, 6.07) is 1.81. The minimum Gasteiger partial charge on any atom is -0.508 e. The number of hydrogen-bond donors (Lipinski definition) is 1. The number of phenolic OH excluding ortho intramolecular Hbond substituents is 1. The van der Waals surface area contributed by atoms with Crippen LogP contribution in [0.3, 0.4) is 0 Å². The summed E-state index contributed by atoms with van der Waals surface area (Å²) >= 11 is 0. The average Bonchev–Trinajstić information content (AvgIpc) is 2.90. The van der Waals surface area contributed by atoms with E-state index in [1.54, 1.807) is 6.07 Å². The molecule has 2 aliphatic carbocycles. The quantitative estimate of drug-likeness (QED) is 0.828. The van der Waals surface area contributed by atoms with Gasteiger partial charge in [0.05, 0.1) is 0 Å². The monoisotopic (exact) mass is 258 g/mol. The number of aryl methyl sites for hydroxylation is 1. The molecule has 3 rings (SSSR count). The van der Waals surface area contributed by atoms with Crippen molar-refractivity contribution in [2.75, 3.05) is 0 Å². The van der Waals surface area contributed by atoms with Crippen molar-refractivity contribution in [1.29, 1.82) is 0 Å². The van der Waals surface area contributed by atoms with Crippen molar-refractivity contribution >= 4 is 5.78 Å². The molecule has 1 atom stereocenters. The molecule has 0 radical (unpaired) electrons. The van der Waals surface area contributed by atoms with Crippen molar-refractivity contribution < 1.29 is 9.90 Å². The molecule has 0 saturated heterocycles. The van der Waals surface area contributed by atoms with Gasteiger partial charge in [0.1, 0.15) is 5.75 Å². The van der Waals surface area contributed by atoms with E-state index in [1.807, 2.05) is 13.8 Å². The van der Waals surface area contributed by atoms with Gasteiger partial charge in [-0.15, -0.1) is 0 Å². The second-order valence-corrected chi connectivity index (χ2v) is 6.23. The minimum atomic E-state index is 0.234. The van der Waals surface area contributed by atoms with Crippen LogP contribution in [0.2, 0.25) is 0 Å². The molecular weight excluding hydrogens is 236 g/mol. The first-order valence-electron chi connectivity index (χ1n) is 7.46. The number of ketones is 1. The van der Waals surface area contributed by atoms with Gasteiger partial charge in [0.15, 0.2) is 5.78 Å². The molecule has 2 heteroatoms. The standard InChI is InChI=1S/C17H22O2/c1-10-11(2)16-13(9-15(10)18)7-8-14(17(16)19)12-5-3-4-6-12/h9,12,14,18H,3-8H2,1-2H3. The number of hydrogen-bond acceptors (Lipinski definition) is 2. The number of aromatic hydroxyl groups is 1. The number of Topliss-reactive ketones (excluding diaryl/α,β-unsaturated/α-hetero) is 1. The summed E-state index contributed by atoms with van der Waals surface area (Å²) in [7, 11) is 0. The summed E-state index contributed by atoms with van der Waals surface area (Å²) in [4.78, 5) is 12.8. The van der Waals surface area contributed by atoms with Crippen molar-refractivity contribution in [3.8, 4) is 5.75 Å². The molecule has 1 unspecified atom stereocenters. The third-order valence-corrected chi connectivity index (χ3v) is 5.23. The Hall–Kier alpha value is -1.31. The van der Waals surface area contributed by atoms with Gasteiger partial charge in [0, 0.05) is 11.5 Å². The molecule has 0 spiro atoms. The zero-order chi connectivity index (χ0) is 13.6. The van der Waals surface area contributed by atoms with Gasteiger partial charge in [0.2, 0.25) is 0 Å². The van der Waals surface area contributed by atoms with Crippen molar-refractivity contribution in [3.05, 3.63) is 28.3 Å². The molecule has 0 aliphatic heterocycles. The fourth-order valence-electron chi connectivity index (χ4n) is 3.94. The molecule has 1 N–H and O–H groups in total. The first kappa shape index (κ1) is 12.7. The van der Waals surface area contributed by atoms with E-state index in [4.69, 9.17) is 0 Å². The van der Waals surface area contributed by atoms with Crippen molar-refractivity contribution in [2.24, 2.45) is 11.8 Å². The highest BCUT2D eigenvalue weighted by Gasteiger charge is 2.36. The van der Waals surface area contributed by atoms with E-state index >= 15 is 0 Å². The first-order chi connectivity index (χ1) is 9.09. The fraction of sp³-hybridized carbons (Fsp3) is 0.588.